The first-order valence-corrected chi connectivity index (χ1v) is 8.47. The Bertz CT molecular complexity index is 662. The molecule has 0 saturated heterocycles. The van der Waals surface area contributed by atoms with E-state index in [0.29, 0.717) is 5.69 Å². The summed E-state index contributed by atoms with van der Waals surface area (Å²) < 4.78 is 0. The summed E-state index contributed by atoms with van der Waals surface area (Å²) in [6.07, 6.45) is 3.84. The number of carboxylic acid groups (broad SMARTS) is 1. The van der Waals surface area contributed by atoms with Crippen LogP contribution in [0.25, 0.3) is 9.88 Å². The Hall–Kier alpha value is -1.99. The van der Waals surface area contributed by atoms with Crippen LogP contribution in [0, 0.1) is 0 Å². The highest BCUT2D eigenvalue weighted by Gasteiger charge is 2.19. The third kappa shape index (κ3) is 4.51. The molecule has 0 aliphatic rings. The van der Waals surface area contributed by atoms with Crippen molar-refractivity contribution in [2.75, 3.05) is 0 Å². The van der Waals surface area contributed by atoms with E-state index in [1.54, 1.807) is 23.5 Å². The maximum atomic E-state index is 12.0. The Morgan fingerprint density at radius 1 is 1.45 bits per heavy atom. The number of carbonyl (C=O) groups excluding carboxylic acids is 1. The van der Waals surface area contributed by atoms with Crippen LogP contribution >= 0.6 is 22.7 Å². The predicted octanol–water partition coefficient (Wildman–Crippen LogP) is 2.95. The van der Waals surface area contributed by atoms with Gasteiger partial charge in [-0.1, -0.05) is 18.2 Å². The van der Waals surface area contributed by atoms with Crippen molar-refractivity contribution in [3.05, 3.63) is 40.7 Å². The molecule has 0 bridgehead atoms. The van der Waals surface area contributed by atoms with Gasteiger partial charge in [0.05, 0.1) is 17.0 Å². The number of nitrogens with one attached hydrogen (secondary N) is 1. The van der Waals surface area contributed by atoms with Crippen LogP contribution in [-0.2, 0) is 16.0 Å². The summed E-state index contributed by atoms with van der Waals surface area (Å²) in [6.45, 7) is 1.81. The molecule has 2 aromatic heterocycles. The van der Waals surface area contributed by atoms with Gasteiger partial charge in [-0.25, -0.2) is 9.78 Å². The van der Waals surface area contributed by atoms with Gasteiger partial charge in [0.1, 0.15) is 11.0 Å². The summed E-state index contributed by atoms with van der Waals surface area (Å²) >= 11 is 3.07. The Labute approximate surface area is 136 Å². The molecule has 0 spiro atoms. The third-order valence-corrected chi connectivity index (χ3v) is 4.80. The van der Waals surface area contributed by atoms with Gasteiger partial charge in [-0.15, -0.1) is 22.7 Å². The van der Waals surface area contributed by atoms with Gasteiger partial charge in [-0.3, -0.25) is 4.79 Å². The van der Waals surface area contributed by atoms with Crippen molar-refractivity contribution in [2.45, 2.75) is 25.8 Å². The number of thiophene rings is 1. The van der Waals surface area contributed by atoms with E-state index in [2.05, 4.69) is 10.3 Å². The van der Waals surface area contributed by atoms with Crippen molar-refractivity contribution >= 4 is 34.6 Å². The number of allylic oxidation sites excluding steroid dienone is 1. The molecule has 1 unspecified atom stereocenters. The molecule has 0 fully saturated rings. The average molecular weight is 336 g/mol. The van der Waals surface area contributed by atoms with Crippen LogP contribution in [0.3, 0.4) is 0 Å². The molecule has 0 radical (unpaired) electrons. The minimum Gasteiger partial charge on any atom is -0.480 e. The summed E-state index contributed by atoms with van der Waals surface area (Å²) in [5, 5.41) is 16.3. The van der Waals surface area contributed by atoms with Crippen molar-refractivity contribution in [1.82, 2.24) is 10.3 Å². The lowest BCUT2D eigenvalue weighted by Crippen LogP contribution is -2.41. The predicted molar refractivity (Wildman–Crippen MR) is 88.1 cm³/mol. The van der Waals surface area contributed by atoms with Gasteiger partial charge < -0.3 is 10.4 Å². The molecule has 116 valence electrons. The number of carbonyl (C=O) groups is 2. The third-order valence-electron chi connectivity index (χ3n) is 2.87. The van der Waals surface area contributed by atoms with Gasteiger partial charge in [-0.05, 0) is 24.8 Å². The highest BCUT2D eigenvalue weighted by molar-refractivity contribution is 7.20. The number of hydrogen-bond acceptors (Lipinski definition) is 5. The van der Waals surface area contributed by atoms with E-state index in [9.17, 15) is 9.59 Å². The van der Waals surface area contributed by atoms with E-state index in [-0.39, 0.29) is 18.7 Å². The lowest BCUT2D eigenvalue weighted by Gasteiger charge is -2.11. The van der Waals surface area contributed by atoms with Crippen LogP contribution in [0.1, 0.15) is 19.0 Å². The first-order valence-electron chi connectivity index (χ1n) is 6.71. The highest BCUT2D eigenvalue weighted by Crippen LogP contribution is 2.27. The summed E-state index contributed by atoms with van der Waals surface area (Å²) in [7, 11) is 0. The molecular formula is C15H16N2O3S2. The molecule has 1 atom stereocenters. The normalized spacial score (nSPS) is 12.4. The molecule has 2 N–H and O–H groups in total. The Morgan fingerprint density at radius 2 is 2.27 bits per heavy atom. The number of rotatable bonds is 7. The van der Waals surface area contributed by atoms with Crippen LogP contribution in [0.2, 0.25) is 0 Å². The van der Waals surface area contributed by atoms with E-state index in [4.69, 9.17) is 5.11 Å². The molecule has 0 aliphatic carbocycles. The van der Waals surface area contributed by atoms with Crippen LogP contribution in [0.15, 0.2) is 35.0 Å². The zero-order valence-electron chi connectivity index (χ0n) is 12.0. The van der Waals surface area contributed by atoms with Gasteiger partial charge in [0.2, 0.25) is 5.91 Å². The number of carboxylic acids is 1. The van der Waals surface area contributed by atoms with Gasteiger partial charge in [0.25, 0.3) is 0 Å². The molecule has 0 saturated carbocycles. The number of aromatic nitrogens is 1. The molecule has 2 aromatic rings. The molecule has 7 heteroatoms. The van der Waals surface area contributed by atoms with E-state index in [1.807, 2.05) is 29.8 Å². The largest absolute Gasteiger partial charge is 0.480 e. The number of hydrogen-bond donors (Lipinski definition) is 2. The SMILES string of the molecule is C/C=C/CC(NC(=O)Cc1csc(-c2cccs2)n1)C(=O)O. The number of aliphatic carboxylic acids is 1. The van der Waals surface area contributed by atoms with Crippen molar-refractivity contribution < 1.29 is 14.7 Å². The molecule has 2 heterocycles. The fraction of sp³-hybridized carbons (Fsp3) is 0.267. The molecule has 1 amide bonds. The summed E-state index contributed by atoms with van der Waals surface area (Å²) in [6, 6.07) is 3.02. The monoisotopic (exact) mass is 336 g/mol. The maximum absolute atomic E-state index is 12.0. The van der Waals surface area contributed by atoms with Crippen LogP contribution in [0.5, 0.6) is 0 Å². The Balaban J connectivity index is 1.95. The Morgan fingerprint density at radius 3 is 2.91 bits per heavy atom. The Kier molecular flexibility index (Phi) is 5.85. The zero-order valence-corrected chi connectivity index (χ0v) is 13.6. The molecule has 22 heavy (non-hydrogen) atoms. The number of nitrogens with zero attached hydrogens (tertiary/aromatic N) is 1. The molecule has 5 nitrogen and oxygen atoms in total. The van der Waals surface area contributed by atoms with Crippen molar-refractivity contribution in [1.29, 1.82) is 0 Å². The first-order chi connectivity index (χ1) is 10.6. The minimum atomic E-state index is -1.04. The van der Waals surface area contributed by atoms with Crippen molar-refractivity contribution in [3.8, 4) is 9.88 Å². The second-order valence-corrected chi connectivity index (χ2v) is 6.37. The van der Waals surface area contributed by atoms with Gasteiger partial charge in [-0.2, -0.15) is 0 Å². The summed E-state index contributed by atoms with van der Waals surface area (Å²) in [4.78, 5) is 28.5. The fourth-order valence-electron chi connectivity index (χ4n) is 1.81. The van der Waals surface area contributed by atoms with Crippen molar-refractivity contribution in [3.63, 3.8) is 0 Å². The second-order valence-electron chi connectivity index (χ2n) is 4.56. The van der Waals surface area contributed by atoms with Gasteiger partial charge in [0, 0.05) is 5.38 Å². The average Bonchev–Trinajstić information content (AvgIpc) is 3.13. The van der Waals surface area contributed by atoms with Crippen LogP contribution < -0.4 is 5.32 Å². The second kappa shape index (κ2) is 7.86. The maximum Gasteiger partial charge on any atom is 0.326 e. The van der Waals surface area contributed by atoms with E-state index in [1.165, 1.54) is 11.3 Å². The topological polar surface area (TPSA) is 79.3 Å². The lowest BCUT2D eigenvalue weighted by atomic mass is 10.2. The van der Waals surface area contributed by atoms with Gasteiger partial charge >= 0.3 is 5.97 Å². The van der Waals surface area contributed by atoms with Gasteiger partial charge in [0.15, 0.2) is 0 Å². The summed E-state index contributed by atoms with van der Waals surface area (Å²) in [5.41, 5.74) is 0.654. The number of thiazole rings is 1. The zero-order chi connectivity index (χ0) is 15.9. The molecule has 0 aromatic carbocycles. The fourth-order valence-corrected chi connectivity index (χ4v) is 3.44. The van der Waals surface area contributed by atoms with Crippen LogP contribution in [-0.4, -0.2) is 28.0 Å². The quantitative estimate of drug-likeness (QED) is 0.762. The molecule has 0 aliphatic heterocycles. The summed E-state index contributed by atoms with van der Waals surface area (Å²) in [5.74, 6) is -1.37. The van der Waals surface area contributed by atoms with E-state index in [0.717, 1.165) is 9.88 Å². The smallest absolute Gasteiger partial charge is 0.326 e. The van der Waals surface area contributed by atoms with E-state index >= 15 is 0 Å². The van der Waals surface area contributed by atoms with Crippen LogP contribution in [0.4, 0.5) is 0 Å². The standard InChI is InChI=1S/C15H16N2O3S2/c1-2-3-5-11(15(19)20)17-13(18)8-10-9-22-14(16-10)12-6-4-7-21-12/h2-4,6-7,9,11H,5,8H2,1H3,(H,17,18)(H,19,20)/b3-2+. The van der Waals surface area contributed by atoms with E-state index < -0.39 is 12.0 Å². The lowest BCUT2D eigenvalue weighted by molar-refractivity contribution is -0.141. The minimum absolute atomic E-state index is 0.0848. The van der Waals surface area contributed by atoms with Crippen molar-refractivity contribution in [2.24, 2.45) is 0 Å². The first kappa shape index (κ1) is 16.4. The molecular weight excluding hydrogens is 320 g/mol. The highest BCUT2D eigenvalue weighted by atomic mass is 32.1. The molecule has 2 rings (SSSR count). The number of amides is 1.